The molecule has 0 heterocycles. The second kappa shape index (κ2) is 9.30. The second-order valence-electron chi connectivity index (χ2n) is 3.32. The average Bonchev–Trinajstić information content (AvgIpc) is 2.21. The number of alkyl carbamates (subject to hydrolysis) is 1. The highest BCUT2D eigenvalue weighted by Crippen LogP contribution is 1.97. The van der Waals surface area contributed by atoms with E-state index < -0.39 is 0 Å². The predicted octanol–water partition coefficient (Wildman–Crippen LogP) is 1.04. The fraction of sp³-hybridized carbons (Fsp3) is 0.800. The first-order valence-electron chi connectivity index (χ1n) is 5.23. The molecule has 0 aromatic heterocycles. The maximum Gasteiger partial charge on any atom is 0.406 e. The molecule has 0 aliphatic rings. The lowest BCUT2D eigenvalue weighted by atomic mass is 10.2. The van der Waals surface area contributed by atoms with E-state index in [-0.39, 0.29) is 12.0 Å². The molecular weight excluding hydrogens is 196 g/mol. The summed E-state index contributed by atoms with van der Waals surface area (Å²) >= 11 is 0. The molecule has 5 nitrogen and oxygen atoms in total. The van der Waals surface area contributed by atoms with E-state index in [1.165, 1.54) is 14.0 Å². The lowest BCUT2D eigenvalue weighted by molar-refractivity contribution is -0.118. The Hall–Kier alpha value is -1.26. The van der Waals surface area contributed by atoms with E-state index in [1.807, 2.05) is 0 Å². The van der Waals surface area contributed by atoms with Gasteiger partial charge in [-0.2, -0.15) is 0 Å². The normalized spacial score (nSPS) is 9.47. The molecule has 0 unspecified atom stereocenters. The minimum atomic E-state index is -0.381. The summed E-state index contributed by atoms with van der Waals surface area (Å²) in [7, 11) is 1.35. The van der Waals surface area contributed by atoms with E-state index in [2.05, 4.69) is 15.4 Å². The van der Waals surface area contributed by atoms with Crippen molar-refractivity contribution in [3.05, 3.63) is 0 Å². The van der Waals surface area contributed by atoms with Crippen molar-refractivity contribution in [3.8, 4) is 0 Å². The van der Waals surface area contributed by atoms with Gasteiger partial charge < -0.3 is 15.4 Å². The van der Waals surface area contributed by atoms with Crippen LogP contribution in [0.4, 0.5) is 4.79 Å². The molecule has 15 heavy (non-hydrogen) atoms. The summed E-state index contributed by atoms with van der Waals surface area (Å²) in [5, 5.41) is 5.35. The monoisotopic (exact) mass is 216 g/mol. The summed E-state index contributed by atoms with van der Waals surface area (Å²) in [6.45, 7) is 2.90. The van der Waals surface area contributed by atoms with E-state index in [0.717, 1.165) is 32.2 Å². The van der Waals surface area contributed by atoms with Crippen LogP contribution in [0.5, 0.6) is 0 Å². The molecule has 0 radical (unpaired) electrons. The SMILES string of the molecule is COC(=O)NCCCCCCNC(C)=O. The summed E-state index contributed by atoms with van der Waals surface area (Å²) in [5.74, 6) is 0.0161. The third kappa shape index (κ3) is 10.7. The minimum absolute atomic E-state index is 0.0161. The molecule has 2 amide bonds. The van der Waals surface area contributed by atoms with Crippen molar-refractivity contribution in [1.82, 2.24) is 10.6 Å². The van der Waals surface area contributed by atoms with Gasteiger partial charge in [0.2, 0.25) is 5.91 Å². The highest BCUT2D eigenvalue weighted by atomic mass is 16.5. The molecule has 0 aliphatic heterocycles. The first kappa shape index (κ1) is 13.7. The lowest BCUT2D eigenvalue weighted by Crippen LogP contribution is -2.24. The largest absolute Gasteiger partial charge is 0.453 e. The Bertz CT molecular complexity index is 195. The second-order valence-corrected chi connectivity index (χ2v) is 3.32. The average molecular weight is 216 g/mol. The van der Waals surface area contributed by atoms with Crippen molar-refractivity contribution in [3.63, 3.8) is 0 Å². The molecule has 0 saturated carbocycles. The first-order valence-corrected chi connectivity index (χ1v) is 5.23. The minimum Gasteiger partial charge on any atom is -0.453 e. The van der Waals surface area contributed by atoms with Gasteiger partial charge in [0.25, 0.3) is 0 Å². The third-order valence-corrected chi connectivity index (χ3v) is 1.93. The molecule has 0 rings (SSSR count). The number of methoxy groups -OCH3 is 1. The number of ether oxygens (including phenoxy) is 1. The Morgan fingerprint density at radius 3 is 2.00 bits per heavy atom. The number of nitrogens with one attached hydrogen (secondary N) is 2. The van der Waals surface area contributed by atoms with Crippen LogP contribution in [-0.2, 0) is 9.53 Å². The predicted molar refractivity (Wildman–Crippen MR) is 57.6 cm³/mol. The van der Waals surface area contributed by atoms with Gasteiger partial charge in [-0.1, -0.05) is 12.8 Å². The highest BCUT2D eigenvalue weighted by Gasteiger charge is 1.96. The zero-order valence-electron chi connectivity index (χ0n) is 9.47. The fourth-order valence-corrected chi connectivity index (χ4v) is 1.13. The summed E-state index contributed by atoms with van der Waals surface area (Å²) in [4.78, 5) is 21.2. The molecule has 0 fully saturated rings. The van der Waals surface area contributed by atoms with Crippen LogP contribution < -0.4 is 10.6 Å². The van der Waals surface area contributed by atoms with Gasteiger partial charge in [0.15, 0.2) is 0 Å². The number of carbonyl (C=O) groups excluding carboxylic acids is 2. The van der Waals surface area contributed by atoms with Crippen molar-refractivity contribution in [2.24, 2.45) is 0 Å². The van der Waals surface area contributed by atoms with Gasteiger partial charge in [-0.25, -0.2) is 4.79 Å². The molecule has 2 N–H and O–H groups in total. The molecule has 0 saturated heterocycles. The molecular formula is C10H20N2O3. The Balaban J connectivity index is 3.05. The molecule has 0 aliphatic carbocycles. The van der Waals surface area contributed by atoms with Gasteiger partial charge in [0, 0.05) is 20.0 Å². The van der Waals surface area contributed by atoms with Crippen molar-refractivity contribution in [2.75, 3.05) is 20.2 Å². The van der Waals surface area contributed by atoms with E-state index in [0.29, 0.717) is 6.54 Å². The van der Waals surface area contributed by atoms with Gasteiger partial charge in [-0.3, -0.25) is 4.79 Å². The Morgan fingerprint density at radius 1 is 1.00 bits per heavy atom. The van der Waals surface area contributed by atoms with Gasteiger partial charge in [-0.15, -0.1) is 0 Å². The Morgan fingerprint density at radius 2 is 1.53 bits per heavy atom. The van der Waals surface area contributed by atoms with Crippen LogP contribution in [0.2, 0.25) is 0 Å². The van der Waals surface area contributed by atoms with Gasteiger partial charge in [0.1, 0.15) is 0 Å². The molecule has 0 spiro atoms. The summed E-state index contributed by atoms with van der Waals surface area (Å²) in [6.07, 6.45) is 3.65. The molecule has 88 valence electrons. The highest BCUT2D eigenvalue weighted by molar-refractivity contribution is 5.72. The van der Waals surface area contributed by atoms with Crippen LogP contribution in [0, 0.1) is 0 Å². The van der Waals surface area contributed by atoms with Crippen molar-refractivity contribution in [2.45, 2.75) is 32.6 Å². The summed E-state index contributed by atoms with van der Waals surface area (Å²) < 4.78 is 4.42. The standard InChI is InChI=1S/C10H20N2O3/c1-9(13)11-7-5-3-4-6-8-12-10(14)15-2/h3-8H2,1-2H3,(H,11,13)(H,12,14). The number of carbonyl (C=O) groups is 2. The van der Waals surface area contributed by atoms with Crippen molar-refractivity contribution in [1.29, 1.82) is 0 Å². The van der Waals surface area contributed by atoms with Gasteiger partial charge >= 0.3 is 6.09 Å². The molecule has 0 aromatic rings. The molecule has 0 atom stereocenters. The van der Waals surface area contributed by atoms with Crippen LogP contribution in [0.15, 0.2) is 0 Å². The third-order valence-electron chi connectivity index (χ3n) is 1.93. The van der Waals surface area contributed by atoms with Crippen LogP contribution >= 0.6 is 0 Å². The zero-order valence-corrected chi connectivity index (χ0v) is 9.47. The quantitative estimate of drug-likeness (QED) is 0.625. The number of unbranched alkanes of at least 4 members (excludes halogenated alkanes) is 3. The maximum absolute atomic E-state index is 10.6. The summed E-state index contributed by atoms with van der Waals surface area (Å²) in [5.41, 5.74) is 0. The maximum atomic E-state index is 10.6. The van der Waals surface area contributed by atoms with Crippen LogP contribution in [0.3, 0.4) is 0 Å². The number of hydrogen-bond acceptors (Lipinski definition) is 3. The molecule has 0 bridgehead atoms. The van der Waals surface area contributed by atoms with Crippen molar-refractivity contribution < 1.29 is 14.3 Å². The number of amides is 2. The summed E-state index contributed by atoms with van der Waals surface area (Å²) in [6, 6.07) is 0. The smallest absolute Gasteiger partial charge is 0.406 e. The van der Waals surface area contributed by atoms with E-state index >= 15 is 0 Å². The first-order chi connectivity index (χ1) is 7.16. The molecule has 5 heteroatoms. The number of hydrogen-bond donors (Lipinski definition) is 2. The van der Waals surface area contributed by atoms with Gasteiger partial charge in [-0.05, 0) is 12.8 Å². The van der Waals surface area contributed by atoms with Gasteiger partial charge in [0.05, 0.1) is 7.11 Å². The lowest BCUT2D eigenvalue weighted by Gasteiger charge is -2.04. The Labute approximate surface area is 90.6 Å². The van der Waals surface area contributed by atoms with E-state index in [4.69, 9.17) is 0 Å². The van der Waals surface area contributed by atoms with E-state index in [9.17, 15) is 9.59 Å². The Kier molecular flexibility index (Phi) is 8.52. The number of rotatable bonds is 7. The fourth-order valence-electron chi connectivity index (χ4n) is 1.13. The molecule has 0 aromatic carbocycles. The van der Waals surface area contributed by atoms with Crippen LogP contribution in [0.25, 0.3) is 0 Å². The van der Waals surface area contributed by atoms with Crippen LogP contribution in [-0.4, -0.2) is 32.2 Å². The topological polar surface area (TPSA) is 67.4 Å². The zero-order chi connectivity index (χ0) is 11.5. The van der Waals surface area contributed by atoms with Crippen molar-refractivity contribution >= 4 is 12.0 Å². The van der Waals surface area contributed by atoms with Crippen LogP contribution in [0.1, 0.15) is 32.6 Å². The van der Waals surface area contributed by atoms with E-state index in [1.54, 1.807) is 0 Å².